The zero-order chi connectivity index (χ0) is 25.8. The van der Waals surface area contributed by atoms with Crippen LogP contribution >= 0.6 is 56.0 Å². The Labute approximate surface area is 243 Å². The number of phenols is 1. The summed E-state index contributed by atoms with van der Waals surface area (Å²) in [5, 5.41) is 22.2. The van der Waals surface area contributed by atoms with Gasteiger partial charge in [0.15, 0.2) is 0 Å². The van der Waals surface area contributed by atoms with Crippen molar-refractivity contribution < 1.29 is 19.4 Å². The van der Waals surface area contributed by atoms with Crippen LogP contribution in [0.4, 0.5) is 0 Å². The van der Waals surface area contributed by atoms with Crippen LogP contribution < -0.4 is 14.1 Å². The molecule has 0 aromatic heterocycles. The van der Waals surface area contributed by atoms with Gasteiger partial charge in [0.2, 0.25) is 0 Å². The van der Waals surface area contributed by atoms with E-state index in [0.29, 0.717) is 21.4 Å². The number of benzene rings is 3. The maximum absolute atomic E-state index is 13.6. The predicted molar refractivity (Wildman–Crippen MR) is 166 cm³/mol. The number of aromatic hydroxyl groups is 1. The van der Waals surface area contributed by atoms with Crippen molar-refractivity contribution in [2.75, 3.05) is 23.0 Å². The van der Waals surface area contributed by atoms with Crippen molar-refractivity contribution in [2.24, 2.45) is 0 Å². The van der Waals surface area contributed by atoms with Crippen LogP contribution in [0.3, 0.4) is 0 Å². The Morgan fingerprint density at radius 2 is 1.59 bits per heavy atom. The van der Waals surface area contributed by atoms with Crippen molar-refractivity contribution in [1.82, 2.24) is 0 Å². The van der Waals surface area contributed by atoms with E-state index in [1.54, 1.807) is 18.2 Å². The molecule has 2 saturated heterocycles. The molecule has 0 radical (unpaired) electrons. The number of aromatic carboxylic acids is 1. The minimum atomic E-state index is -1.81. The molecule has 5 nitrogen and oxygen atoms in total. The van der Waals surface area contributed by atoms with Gasteiger partial charge in [0.1, 0.15) is 0 Å². The number of carboxylic acids is 1. The van der Waals surface area contributed by atoms with E-state index in [4.69, 9.17) is 4.42 Å². The molecule has 2 fully saturated rings. The van der Waals surface area contributed by atoms with Gasteiger partial charge < -0.3 is 0 Å². The van der Waals surface area contributed by atoms with E-state index in [9.17, 15) is 19.8 Å². The molecule has 0 unspecified atom stereocenters. The Kier molecular flexibility index (Phi) is 7.74. The summed E-state index contributed by atoms with van der Waals surface area (Å²) in [6, 6.07) is 10.7. The molecule has 1 aliphatic carbocycles. The number of aryl methyl sites for hydroxylation is 1. The second kappa shape index (κ2) is 10.8. The van der Waals surface area contributed by atoms with Gasteiger partial charge in [-0.05, 0) is 0 Å². The number of hydrogen-bond donors (Lipinski definition) is 2. The molecule has 190 valence electrons. The Hall–Kier alpha value is -0.603. The fourth-order valence-electron chi connectivity index (χ4n) is 4.53. The molecule has 0 bridgehead atoms. The van der Waals surface area contributed by atoms with Gasteiger partial charge in [-0.25, -0.2) is 0 Å². The molecule has 3 heterocycles. The third kappa shape index (κ3) is 4.62. The summed E-state index contributed by atoms with van der Waals surface area (Å²) < 4.78 is 8.82. The molecule has 2 aromatic rings. The standard InChI is InChI=1S/C25H19As2BrO5S4/c1-12-10-15-18(13-4-2-3-5-14(13)25(31)32)16-11-17(28)22(30)20(27-36-8-9-37-27)24(16)33-23(15)19(21(12)29)26-34-6-7-35-26/h2-5,10-11,29H,6-9H2,1H3,(H,31,32). The topological polar surface area (TPSA) is 87.7 Å². The maximum atomic E-state index is 13.6. The molecule has 3 aliphatic heterocycles. The van der Waals surface area contributed by atoms with E-state index >= 15 is 0 Å². The first-order valence-corrected chi connectivity index (χ1v) is 26.9. The molecule has 0 saturated carbocycles. The normalized spacial score (nSPS) is 16.8. The van der Waals surface area contributed by atoms with Crippen molar-refractivity contribution in [2.45, 2.75) is 6.92 Å². The van der Waals surface area contributed by atoms with Gasteiger partial charge in [-0.1, -0.05) is 0 Å². The van der Waals surface area contributed by atoms with Crippen molar-refractivity contribution in [3.05, 3.63) is 62.2 Å². The van der Waals surface area contributed by atoms with Crippen LogP contribution in [-0.4, -0.2) is 63.9 Å². The SMILES string of the molecule is Cc1cc2c(-c3ccccc3C(=O)O)c3cc(Br)c(=O)c([As]4SCCS4)c-3oc2c([As]2SCCS2)c1O. The van der Waals surface area contributed by atoms with Gasteiger partial charge in [-0.15, -0.1) is 0 Å². The second-order valence-electron chi connectivity index (χ2n) is 8.36. The zero-order valence-electron chi connectivity index (χ0n) is 19.3. The van der Waals surface area contributed by atoms with E-state index in [1.807, 2.05) is 65.2 Å². The first-order chi connectivity index (χ1) is 17.9. The van der Waals surface area contributed by atoms with Gasteiger partial charge >= 0.3 is 246 Å². The van der Waals surface area contributed by atoms with Gasteiger partial charge in [0, 0.05) is 0 Å². The van der Waals surface area contributed by atoms with Crippen molar-refractivity contribution in [3.8, 4) is 28.2 Å². The number of halogens is 1. The Bertz CT molecular complexity index is 1600. The quantitative estimate of drug-likeness (QED) is 0.210. The zero-order valence-corrected chi connectivity index (χ0v) is 27.9. The van der Waals surface area contributed by atoms with Crippen LogP contribution in [0.2, 0.25) is 0 Å². The first kappa shape index (κ1) is 26.6. The van der Waals surface area contributed by atoms with Gasteiger partial charge in [-0.2, -0.15) is 0 Å². The Morgan fingerprint density at radius 3 is 2.24 bits per heavy atom. The average Bonchev–Trinajstić information content (AvgIpc) is 3.60. The van der Waals surface area contributed by atoms with E-state index < -0.39 is 30.6 Å². The summed E-state index contributed by atoms with van der Waals surface area (Å²) in [6.45, 7) is 1.89. The number of rotatable bonds is 4. The van der Waals surface area contributed by atoms with E-state index in [1.165, 1.54) is 0 Å². The molecule has 0 amide bonds. The third-order valence-electron chi connectivity index (χ3n) is 6.12. The van der Waals surface area contributed by atoms with Crippen molar-refractivity contribution in [3.63, 3.8) is 0 Å². The Balaban J connectivity index is 1.83. The summed E-state index contributed by atoms with van der Waals surface area (Å²) in [4.78, 5) is 25.9. The van der Waals surface area contributed by atoms with Gasteiger partial charge in [0.25, 0.3) is 0 Å². The minimum absolute atomic E-state index is 0.0460. The number of hydrogen-bond acceptors (Lipinski definition) is 8. The predicted octanol–water partition coefficient (Wildman–Crippen LogP) is 5.39. The fraction of sp³-hybridized carbons (Fsp3) is 0.200. The van der Waals surface area contributed by atoms with Crippen molar-refractivity contribution >= 4 is 106 Å². The summed E-state index contributed by atoms with van der Waals surface area (Å²) >= 11 is -0.0333. The summed E-state index contributed by atoms with van der Waals surface area (Å²) in [5.41, 5.74) is 3.54. The molecule has 12 heteroatoms. The van der Waals surface area contributed by atoms with Crippen LogP contribution in [-0.2, 0) is 0 Å². The number of phenolic OH excluding ortho intramolecular Hbond substituents is 1. The molecule has 2 N–H and O–H groups in total. The van der Waals surface area contributed by atoms with Crippen LogP contribution in [0, 0.1) is 6.92 Å². The summed E-state index contributed by atoms with van der Waals surface area (Å²) in [7, 11) is 7.56. The molecule has 37 heavy (non-hydrogen) atoms. The second-order valence-corrected chi connectivity index (χ2v) is 32.4. The van der Waals surface area contributed by atoms with Gasteiger partial charge in [-0.3, -0.25) is 0 Å². The number of carbonyl (C=O) groups is 1. The molecular formula is C25H19As2BrO5S4. The molecule has 2 aromatic carbocycles. The fourth-order valence-corrected chi connectivity index (χ4v) is 35.0. The molecule has 0 atom stereocenters. The number of fused-ring (bicyclic) bond motifs is 2. The van der Waals surface area contributed by atoms with Gasteiger partial charge in [0.05, 0.1) is 0 Å². The first-order valence-electron chi connectivity index (χ1n) is 11.3. The van der Waals surface area contributed by atoms with Crippen LogP contribution in [0.5, 0.6) is 5.75 Å². The summed E-state index contributed by atoms with van der Waals surface area (Å²) in [5.74, 6) is 3.88. The number of carboxylic acid groups (broad SMARTS) is 1. The van der Waals surface area contributed by atoms with Crippen LogP contribution in [0.15, 0.2) is 50.1 Å². The van der Waals surface area contributed by atoms with Crippen molar-refractivity contribution in [1.29, 1.82) is 0 Å². The molecular weight excluding hydrogens is 738 g/mol. The molecule has 0 spiro atoms. The molecule has 4 aliphatic rings. The molecule has 6 rings (SSSR count). The van der Waals surface area contributed by atoms with E-state index in [0.717, 1.165) is 53.8 Å². The van der Waals surface area contributed by atoms with E-state index in [-0.39, 0.29) is 16.7 Å². The van der Waals surface area contributed by atoms with Crippen LogP contribution in [0.25, 0.3) is 33.4 Å². The summed E-state index contributed by atoms with van der Waals surface area (Å²) in [6.07, 6.45) is 0. The van der Waals surface area contributed by atoms with Crippen LogP contribution in [0.1, 0.15) is 15.9 Å². The monoisotopic (exact) mass is 756 g/mol. The van der Waals surface area contributed by atoms with E-state index in [2.05, 4.69) is 15.9 Å². The average molecular weight is 757 g/mol. The third-order valence-corrected chi connectivity index (χ3v) is 33.8. The Morgan fingerprint density at radius 1 is 0.973 bits per heavy atom.